The van der Waals surface area contributed by atoms with Gasteiger partial charge in [0, 0.05) is 19.1 Å². The van der Waals surface area contributed by atoms with Gasteiger partial charge in [0.25, 0.3) is 11.7 Å². The Morgan fingerprint density at radius 2 is 2.03 bits per heavy atom. The van der Waals surface area contributed by atoms with Gasteiger partial charge < -0.3 is 9.64 Å². The average molecular weight is 396 g/mol. The molecule has 29 heavy (non-hydrogen) atoms. The molecule has 2 aromatic heterocycles. The maximum atomic E-state index is 13.5. The van der Waals surface area contributed by atoms with Crippen molar-refractivity contribution in [1.82, 2.24) is 24.5 Å². The molecule has 0 aliphatic carbocycles. The number of nitrogens with zero attached hydrogens (tertiary/aromatic N) is 5. The number of hydrogen-bond acceptors (Lipinski definition) is 5. The molecule has 0 aliphatic rings. The maximum Gasteiger partial charge on any atom is 0.273 e. The zero-order valence-electron chi connectivity index (χ0n) is 18.0. The van der Waals surface area contributed by atoms with Crippen LogP contribution in [0.2, 0.25) is 0 Å². The Morgan fingerprint density at radius 1 is 1.28 bits per heavy atom. The first-order valence-electron chi connectivity index (χ1n) is 9.77. The molecule has 1 atom stereocenters. The first-order chi connectivity index (χ1) is 13.7. The maximum absolute atomic E-state index is 13.5. The zero-order valence-corrected chi connectivity index (χ0v) is 18.0. The van der Waals surface area contributed by atoms with Gasteiger partial charge in [-0.2, -0.15) is 10.1 Å². The summed E-state index contributed by atoms with van der Waals surface area (Å²) in [4.78, 5) is 24.1. The van der Waals surface area contributed by atoms with Gasteiger partial charge in [-0.1, -0.05) is 50.6 Å². The van der Waals surface area contributed by atoms with Crippen LogP contribution in [0.4, 0.5) is 0 Å². The number of amides is 1. The molecule has 1 amide bonds. The fraction of sp³-hybridized carbons (Fsp3) is 0.455. The van der Waals surface area contributed by atoms with Crippen molar-refractivity contribution in [3.63, 3.8) is 0 Å². The van der Waals surface area contributed by atoms with Gasteiger partial charge in [0.2, 0.25) is 0 Å². The van der Waals surface area contributed by atoms with Gasteiger partial charge in [0.15, 0.2) is 0 Å². The molecule has 0 saturated carbocycles. The molecule has 0 bridgehead atoms. The largest absolute Gasteiger partial charge is 0.383 e. The lowest BCUT2D eigenvalue weighted by Crippen LogP contribution is -2.41. The van der Waals surface area contributed by atoms with E-state index in [-0.39, 0.29) is 17.4 Å². The molecular formula is C22H29N5O2. The van der Waals surface area contributed by atoms with Gasteiger partial charge in [-0.25, -0.2) is 9.50 Å². The average Bonchev–Trinajstić information content (AvgIpc) is 3.12. The number of fused-ring (bicyclic) bond motifs is 1. The summed E-state index contributed by atoms with van der Waals surface area (Å²) in [7, 11) is 1.64. The highest BCUT2D eigenvalue weighted by atomic mass is 16.5. The number of carbonyl (C=O) groups excluding carboxylic acids is 1. The van der Waals surface area contributed by atoms with Crippen LogP contribution >= 0.6 is 0 Å². The summed E-state index contributed by atoms with van der Waals surface area (Å²) in [5.74, 6) is 0.280. The number of benzene rings is 1. The molecule has 0 aliphatic heterocycles. The minimum Gasteiger partial charge on any atom is -0.383 e. The third kappa shape index (κ3) is 4.62. The van der Waals surface area contributed by atoms with E-state index in [9.17, 15) is 4.79 Å². The Morgan fingerprint density at radius 3 is 2.69 bits per heavy atom. The second-order valence-corrected chi connectivity index (χ2v) is 8.47. The van der Waals surface area contributed by atoms with E-state index in [1.165, 1.54) is 6.33 Å². The first-order valence-corrected chi connectivity index (χ1v) is 9.77. The Bertz CT molecular complexity index is 1010. The summed E-state index contributed by atoms with van der Waals surface area (Å²) in [6.07, 6.45) is 1.46. The number of aromatic nitrogens is 4. The van der Waals surface area contributed by atoms with E-state index in [0.29, 0.717) is 24.6 Å². The summed E-state index contributed by atoms with van der Waals surface area (Å²) in [5.41, 5.74) is 3.26. The summed E-state index contributed by atoms with van der Waals surface area (Å²) >= 11 is 0. The van der Waals surface area contributed by atoms with E-state index >= 15 is 0 Å². The van der Waals surface area contributed by atoms with Gasteiger partial charge in [0.1, 0.15) is 12.0 Å². The van der Waals surface area contributed by atoms with Crippen molar-refractivity contribution in [2.24, 2.45) is 0 Å². The standard InChI is InChI=1S/C22H29N5O2/c1-15-8-7-9-17(10-15)12-26(16(2)13-29-6)20(28)18-11-19(22(3,4)5)27-21(25-18)23-14-24-27/h7-11,14,16H,12-13H2,1-6H3/t16-/m1/s1. The van der Waals surface area contributed by atoms with E-state index in [0.717, 1.165) is 16.8 Å². The minimum atomic E-state index is -0.219. The molecule has 3 aromatic rings. The molecule has 0 unspecified atom stereocenters. The minimum absolute atomic E-state index is 0.109. The molecular weight excluding hydrogens is 366 g/mol. The molecule has 0 fully saturated rings. The van der Waals surface area contributed by atoms with Crippen LogP contribution in [-0.2, 0) is 16.7 Å². The molecule has 2 heterocycles. The Balaban J connectivity index is 2.03. The highest BCUT2D eigenvalue weighted by Gasteiger charge is 2.27. The number of hydrogen-bond donors (Lipinski definition) is 0. The van der Waals surface area contributed by atoms with Crippen LogP contribution in [0.5, 0.6) is 0 Å². The normalized spacial score (nSPS) is 12.9. The van der Waals surface area contributed by atoms with Crippen LogP contribution in [0, 0.1) is 6.92 Å². The molecule has 7 nitrogen and oxygen atoms in total. The van der Waals surface area contributed by atoms with Crippen LogP contribution in [0.1, 0.15) is 55.0 Å². The highest BCUT2D eigenvalue weighted by Crippen LogP contribution is 2.24. The van der Waals surface area contributed by atoms with Crippen LogP contribution in [-0.4, -0.2) is 50.1 Å². The van der Waals surface area contributed by atoms with E-state index in [1.807, 2.05) is 38.1 Å². The molecule has 0 N–H and O–H groups in total. The lowest BCUT2D eigenvalue weighted by molar-refractivity contribution is 0.0536. The van der Waals surface area contributed by atoms with Crippen molar-refractivity contribution in [3.8, 4) is 0 Å². The van der Waals surface area contributed by atoms with Crippen LogP contribution in [0.15, 0.2) is 36.7 Å². The topological polar surface area (TPSA) is 72.6 Å². The van der Waals surface area contributed by atoms with Crippen molar-refractivity contribution in [1.29, 1.82) is 0 Å². The van der Waals surface area contributed by atoms with Crippen molar-refractivity contribution >= 4 is 11.7 Å². The molecule has 7 heteroatoms. The third-order valence-corrected chi connectivity index (χ3v) is 4.88. The van der Waals surface area contributed by atoms with Crippen LogP contribution in [0.25, 0.3) is 5.78 Å². The first kappa shape index (κ1) is 20.9. The molecule has 3 rings (SSSR count). The van der Waals surface area contributed by atoms with Crippen molar-refractivity contribution in [2.45, 2.75) is 52.6 Å². The SMILES string of the molecule is COC[C@@H](C)N(Cc1cccc(C)c1)C(=O)c1cc(C(C)(C)C)n2ncnc2n1. The highest BCUT2D eigenvalue weighted by molar-refractivity contribution is 5.93. The molecule has 154 valence electrons. The number of methoxy groups -OCH3 is 1. The van der Waals surface area contributed by atoms with E-state index in [4.69, 9.17) is 4.74 Å². The summed E-state index contributed by atoms with van der Waals surface area (Å²) in [5, 5.41) is 4.27. The van der Waals surface area contributed by atoms with Crippen molar-refractivity contribution < 1.29 is 9.53 Å². The van der Waals surface area contributed by atoms with Gasteiger partial charge >= 0.3 is 0 Å². The lowest BCUT2D eigenvalue weighted by atomic mass is 9.91. The summed E-state index contributed by atoms with van der Waals surface area (Å²) in [6.45, 7) is 11.2. The predicted octanol–water partition coefficient (Wildman–Crippen LogP) is 3.41. The van der Waals surface area contributed by atoms with Crippen molar-refractivity contribution in [3.05, 3.63) is 59.2 Å². The van der Waals surface area contributed by atoms with Gasteiger partial charge in [-0.05, 0) is 25.5 Å². The Kier molecular flexibility index (Phi) is 5.98. The quantitative estimate of drug-likeness (QED) is 0.640. The fourth-order valence-corrected chi connectivity index (χ4v) is 3.37. The van der Waals surface area contributed by atoms with Crippen LogP contribution < -0.4 is 0 Å². The third-order valence-electron chi connectivity index (χ3n) is 4.88. The number of ether oxygens (including phenoxy) is 1. The number of rotatable bonds is 6. The molecule has 0 saturated heterocycles. The molecule has 0 spiro atoms. The Hall–Kier alpha value is -2.80. The smallest absolute Gasteiger partial charge is 0.273 e. The van der Waals surface area contributed by atoms with E-state index in [2.05, 4.69) is 41.9 Å². The second kappa shape index (κ2) is 8.29. The lowest BCUT2D eigenvalue weighted by Gasteiger charge is -2.29. The van der Waals surface area contributed by atoms with E-state index < -0.39 is 0 Å². The van der Waals surface area contributed by atoms with Gasteiger partial charge in [-0.15, -0.1) is 0 Å². The van der Waals surface area contributed by atoms with E-state index in [1.54, 1.807) is 16.5 Å². The fourth-order valence-electron chi connectivity index (χ4n) is 3.37. The summed E-state index contributed by atoms with van der Waals surface area (Å²) < 4.78 is 7.02. The molecule has 0 radical (unpaired) electrons. The van der Waals surface area contributed by atoms with Crippen molar-refractivity contribution in [2.75, 3.05) is 13.7 Å². The monoisotopic (exact) mass is 395 g/mol. The van der Waals surface area contributed by atoms with Gasteiger partial charge in [-0.3, -0.25) is 4.79 Å². The molecule has 1 aromatic carbocycles. The van der Waals surface area contributed by atoms with Gasteiger partial charge in [0.05, 0.1) is 18.3 Å². The zero-order chi connectivity index (χ0) is 21.2. The predicted molar refractivity (Wildman–Crippen MR) is 112 cm³/mol. The van der Waals surface area contributed by atoms with Crippen LogP contribution in [0.3, 0.4) is 0 Å². The number of carbonyl (C=O) groups is 1. The second-order valence-electron chi connectivity index (χ2n) is 8.47. The number of aryl methyl sites for hydroxylation is 1. The summed E-state index contributed by atoms with van der Waals surface area (Å²) in [6, 6.07) is 9.89. The Labute approximate surface area is 171 Å².